The average molecular weight is 564 g/mol. The molecule has 0 unspecified atom stereocenters. The molecule has 0 spiro atoms. The van der Waals surface area contributed by atoms with Gasteiger partial charge in [-0.2, -0.15) is 0 Å². The van der Waals surface area contributed by atoms with Crippen molar-refractivity contribution in [2.24, 2.45) is 10.9 Å². The van der Waals surface area contributed by atoms with Crippen LogP contribution in [0.15, 0.2) is 70.6 Å². The molecule has 0 N–H and O–H groups in total. The number of amidine groups is 1. The molecule has 4 nitrogen and oxygen atoms in total. The van der Waals surface area contributed by atoms with Gasteiger partial charge in [-0.1, -0.05) is 60.8 Å². The minimum absolute atomic E-state index is 0.112. The summed E-state index contributed by atoms with van der Waals surface area (Å²) in [7, 11) is 0. The molecule has 0 aromatic heterocycles. The normalized spacial score (nSPS) is 16.0. The molecule has 9 heteroatoms. The second-order valence-corrected chi connectivity index (χ2v) is 10.8. The van der Waals surface area contributed by atoms with Gasteiger partial charge >= 0.3 is 0 Å². The fourth-order valence-electron chi connectivity index (χ4n) is 3.48. The smallest absolute Gasteiger partial charge is 0.266 e. The van der Waals surface area contributed by atoms with E-state index in [-0.39, 0.29) is 34.3 Å². The van der Waals surface area contributed by atoms with Gasteiger partial charge in [-0.25, -0.2) is 9.38 Å². The van der Waals surface area contributed by atoms with E-state index in [9.17, 15) is 9.18 Å². The molecule has 0 atom stereocenters. The molecule has 1 heterocycles. The number of nitrogens with zero attached hydrogens (tertiary/aromatic N) is 2. The van der Waals surface area contributed by atoms with Gasteiger partial charge in [0, 0.05) is 11.6 Å². The number of hydrogen-bond donors (Lipinski definition) is 0. The lowest BCUT2D eigenvalue weighted by Crippen LogP contribution is -2.32. The van der Waals surface area contributed by atoms with Crippen LogP contribution in [0.1, 0.15) is 25.0 Å². The Morgan fingerprint density at radius 2 is 1.75 bits per heavy atom. The molecule has 1 amide bonds. The van der Waals surface area contributed by atoms with Gasteiger partial charge < -0.3 is 4.74 Å². The third kappa shape index (κ3) is 6.62. The zero-order chi connectivity index (χ0) is 25.8. The van der Waals surface area contributed by atoms with E-state index in [1.54, 1.807) is 59.5 Å². The number of rotatable bonds is 7. The minimum Gasteiger partial charge on any atom is -0.486 e. The topological polar surface area (TPSA) is 41.9 Å². The maximum atomic E-state index is 13.4. The number of thioether (sulfide) groups is 1. The Balaban J connectivity index is 1.58. The van der Waals surface area contributed by atoms with Crippen LogP contribution in [0.4, 0.5) is 10.1 Å². The van der Waals surface area contributed by atoms with E-state index in [2.05, 4.69) is 4.99 Å². The molecule has 1 fully saturated rings. The van der Waals surface area contributed by atoms with Crippen molar-refractivity contribution in [3.05, 3.63) is 97.6 Å². The summed E-state index contributed by atoms with van der Waals surface area (Å²) < 4.78 is 19.2. The van der Waals surface area contributed by atoms with Crippen LogP contribution in [0.25, 0.3) is 6.08 Å². The zero-order valence-electron chi connectivity index (χ0n) is 19.5. The maximum absolute atomic E-state index is 13.4. The predicted octanol–water partition coefficient (Wildman–Crippen LogP) is 8.62. The van der Waals surface area contributed by atoms with Crippen molar-refractivity contribution in [3.8, 4) is 5.75 Å². The molecule has 1 saturated heterocycles. The Labute approximate surface area is 228 Å². The molecule has 0 bridgehead atoms. The van der Waals surface area contributed by atoms with Crippen LogP contribution >= 0.6 is 46.6 Å². The highest BCUT2D eigenvalue weighted by Crippen LogP contribution is 2.38. The lowest BCUT2D eigenvalue weighted by molar-refractivity contribution is -0.122. The number of hydrogen-bond acceptors (Lipinski definition) is 4. The zero-order valence-corrected chi connectivity index (χ0v) is 22.6. The SMILES string of the molecule is CC(C)CN1C(=O)/C(=C/c2cc(Cl)c(OCc3cccc(F)c3)c(Cl)c2)SC1=Nc1ccc(Cl)cc1. The number of carbonyl (C=O) groups is 1. The fraction of sp³-hybridized carbons (Fsp3) is 0.185. The van der Waals surface area contributed by atoms with Crippen molar-refractivity contribution in [1.29, 1.82) is 0 Å². The Kier molecular flexibility index (Phi) is 8.62. The summed E-state index contributed by atoms with van der Waals surface area (Å²) in [4.78, 5) is 20.1. The molecule has 1 aliphatic rings. The number of benzene rings is 3. The van der Waals surface area contributed by atoms with E-state index in [1.165, 1.54) is 23.9 Å². The molecule has 0 radical (unpaired) electrons. The van der Waals surface area contributed by atoms with E-state index >= 15 is 0 Å². The number of amides is 1. The van der Waals surface area contributed by atoms with E-state index in [4.69, 9.17) is 39.5 Å². The van der Waals surface area contributed by atoms with Crippen molar-refractivity contribution in [2.45, 2.75) is 20.5 Å². The average Bonchev–Trinajstić information content (AvgIpc) is 3.08. The van der Waals surface area contributed by atoms with Crippen LogP contribution in [0.3, 0.4) is 0 Å². The number of carbonyl (C=O) groups excluding carboxylic acids is 1. The predicted molar refractivity (Wildman–Crippen MR) is 148 cm³/mol. The number of halogens is 4. The first-order valence-corrected chi connectivity index (χ1v) is 13.1. The monoisotopic (exact) mass is 562 g/mol. The fourth-order valence-corrected chi connectivity index (χ4v) is 5.22. The maximum Gasteiger partial charge on any atom is 0.266 e. The number of ether oxygens (including phenoxy) is 1. The molecule has 0 saturated carbocycles. The summed E-state index contributed by atoms with van der Waals surface area (Å²) in [5.41, 5.74) is 2.01. The standard InChI is InChI=1S/C27H22Cl3FN2O2S/c1-16(2)14-33-26(34)24(36-27(33)32-21-8-6-19(28)7-9-21)13-18-11-22(29)25(23(30)12-18)35-15-17-4-3-5-20(31)10-17/h3-13,16H,14-15H2,1-2H3/b24-13-,32-27?. The number of aliphatic imine (C=N–C) groups is 1. The first kappa shape index (κ1) is 26.6. The Hall–Kier alpha value is -2.51. The summed E-state index contributed by atoms with van der Waals surface area (Å²) in [5, 5.41) is 1.78. The van der Waals surface area contributed by atoms with Gasteiger partial charge in [-0.3, -0.25) is 9.69 Å². The second-order valence-electron chi connectivity index (χ2n) is 8.52. The molecule has 3 aromatic carbocycles. The van der Waals surface area contributed by atoms with Crippen molar-refractivity contribution < 1.29 is 13.9 Å². The molecule has 4 rings (SSSR count). The van der Waals surface area contributed by atoms with Crippen molar-refractivity contribution in [3.63, 3.8) is 0 Å². The van der Waals surface area contributed by atoms with Gasteiger partial charge in [-0.15, -0.1) is 0 Å². The first-order valence-electron chi connectivity index (χ1n) is 11.1. The molecule has 186 valence electrons. The van der Waals surface area contributed by atoms with Gasteiger partial charge in [-0.05, 0) is 83.4 Å². The quantitative estimate of drug-likeness (QED) is 0.270. The molecular formula is C27H22Cl3FN2O2S. The summed E-state index contributed by atoms with van der Waals surface area (Å²) in [5.74, 6) is 0.0591. The molecule has 0 aliphatic carbocycles. The third-order valence-electron chi connectivity index (χ3n) is 5.08. The van der Waals surface area contributed by atoms with Crippen LogP contribution in [-0.4, -0.2) is 22.5 Å². The summed E-state index contributed by atoms with van der Waals surface area (Å²) in [6.45, 7) is 4.73. The molecular weight excluding hydrogens is 542 g/mol. The Morgan fingerprint density at radius 1 is 1.06 bits per heavy atom. The van der Waals surface area contributed by atoms with Crippen LogP contribution in [0.5, 0.6) is 5.75 Å². The van der Waals surface area contributed by atoms with Crippen molar-refractivity contribution in [1.82, 2.24) is 4.90 Å². The van der Waals surface area contributed by atoms with Crippen LogP contribution in [0.2, 0.25) is 15.1 Å². The van der Waals surface area contributed by atoms with Gasteiger partial charge in [0.15, 0.2) is 10.9 Å². The first-order chi connectivity index (χ1) is 17.2. The van der Waals surface area contributed by atoms with E-state index in [0.717, 1.165) is 0 Å². The van der Waals surface area contributed by atoms with Gasteiger partial charge in [0.05, 0.1) is 20.6 Å². The Morgan fingerprint density at radius 3 is 2.39 bits per heavy atom. The third-order valence-corrected chi connectivity index (χ3v) is 6.90. The largest absolute Gasteiger partial charge is 0.486 e. The van der Waals surface area contributed by atoms with Gasteiger partial charge in [0.25, 0.3) is 5.91 Å². The lowest BCUT2D eigenvalue weighted by Gasteiger charge is -2.17. The van der Waals surface area contributed by atoms with Crippen molar-refractivity contribution >= 4 is 69.4 Å². The van der Waals surface area contributed by atoms with E-state index in [0.29, 0.717) is 44.2 Å². The van der Waals surface area contributed by atoms with Gasteiger partial charge in [0.2, 0.25) is 0 Å². The van der Waals surface area contributed by atoms with Crippen LogP contribution in [0, 0.1) is 11.7 Å². The highest BCUT2D eigenvalue weighted by atomic mass is 35.5. The molecule has 36 heavy (non-hydrogen) atoms. The van der Waals surface area contributed by atoms with Crippen LogP contribution < -0.4 is 4.74 Å². The summed E-state index contributed by atoms with van der Waals surface area (Å²) >= 11 is 20.2. The Bertz CT molecular complexity index is 1320. The summed E-state index contributed by atoms with van der Waals surface area (Å²) in [6.07, 6.45) is 1.73. The van der Waals surface area contributed by atoms with E-state index in [1.807, 2.05) is 13.8 Å². The van der Waals surface area contributed by atoms with Crippen molar-refractivity contribution in [2.75, 3.05) is 6.54 Å². The summed E-state index contributed by atoms with van der Waals surface area (Å²) in [6, 6.07) is 16.6. The van der Waals surface area contributed by atoms with Gasteiger partial charge in [0.1, 0.15) is 12.4 Å². The minimum atomic E-state index is -0.348. The lowest BCUT2D eigenvalue weighted by atomic mass is 10.2. The molecule has 3 aromatic rings. The second kappa shape index (κ2) is 11.7. The molecule has 1 aliphatic heterocycles. The highest BCUT2D eigenvalue weighted by Gasteiger charge is 2.33. The van der Waals surface area contributed by atoms with E-state index < -0.39 is 0 Å². The van der Waals surface area contributed by atoms with Crippen LogP contribution in [-0.2, 0) is 11.4 Å². The highest BCUT2D eigenvalue weighted by molar-refractivity contribution is 8.18.